The average Bonchev–Trinajstić information content (AvgIpc) is 3.18. The van der Waals surface area contributed by atoms with Crippen molar-refractivity contribution in [2.45, 2.75) is 13.0 Å². The van der Waals surface area contributed by atoms with Gasteiger partial charge in [0, 0.05) is 0 Å². The summed E-state index contributed by atoms with van der Waals surface area (Å²) in [6.07, 6.45) is 0.481. The van der Waals surface area contributed by atoms with E-state index in [1.54, 1.807) is 24.3 Å². The van der Waals surface area contributed by atoms with Gasteiger partial charge in [-0.25, -0.2) is 9.07 Å². The Balaban J connectivity index is 1.70. The van der Waals surface area contributed by atoms with Crippen molar-refractivity contribution in [2.75, 3.05) is 5.32 Å². The Kier molecular flexibility index (Phi) is 4.85. The van der Waals surface area contributed by atoms with Crippen LogP contribution in [0.15, 0.2) is 48.8 Å². The molecule has 9 heteroatoms. The highest BCUT2D eigenvalue weighted by Gasteiger charge is 2.17. The summed E-state index contributed by atoms with van der Waals surface area (Å²) in [5.41, 5.74) is 0.960. The smallest absolute Gasteiger partial charge is 0.265 e. The molecule has 0 aliphatic carbocycles. The van der Waals surface area contributed by atoms with E-state index >= 15 is 0 Å². The van der Waals surface area contributed by atoms with Crippen LogP contribution >= 0.6 is 0 Å². The van der Waals surface area contributed by atoms with Crippen LogP contribution in [-0.4, -0.2) is 32.2 Å². The van der Waals surface area contributed by atoms with E-state index in [9.17, 15) is 9.18 Å². The summed E-state index contributed by atoms with van der Waals surface area (Å²) < 4.78 is 20.8. The van der Waals surface area contributed by atoms with E-state index < -0.39 is 17.8 Å². The number of carbonyl (C=O) groups is 1. The molecule has 1 unspecified atom stereocenters. The molecule has 1 N–H and O–H groups in total. The van der Waals surface area contributed by atoms with Gasteiger partial charge in [-0.15, -0.1) is 5.10 Å². The monoisotopic (exact) mass is 352 g/mol. The number of hydrogen-bond acceptors (Lipinski definition) is 6. The molecule has 0 fully saturated rings. The van der Waals surface area contributed by atoms with Gasteiger partial charge in [0.25, 0.3) is 5.91 Å². The number of nitrogens with zero attached hydrogens (tertiary/aromatic N) is 5. The fourth-order valence-electron chi connectivity index (χ4n) is 2.13. The highest BCUT2D eigenvalue weighted by atomic mass is 19.1. The first kappa shape index (κ1) is 17.0. The number of tetrazole rings is 1. The van der Waals surface area contributed by atoms with Crippen LogP contribution in [0.25, 0.3) is 5.69 Å². The van der Waals surface area contributed by atoms with Crippen molar-refractivity contribution in [1.29, 1.82) is 5.26 Å². The van der Waals surface area contributed by atoms with Gasteiger partial charge in [-0.3, -0.25) is 4.79 Å². The molecule has 2 aromatic carbocycles. The minimum absolute atomic E-state index is 0.0155. The lowest BCUT2D eigenvalue weighted by Crippen LogP contribution is -2.30. The molecule has 3 aromatic rings. The number of anilines is 1. The number of hydrogen-bond donors (Lipinski definition) is 1. The van der Waals surface area contributed by atoms with Crippen molar-refractivity contribution < 1.29 is 13.9 Å². The first-order chi connectivity index (χ1) is 12.6. The number of nitrogens with one attached hydrogen (secondary N) is 1. The van der Waals surface area contributed by atoms with E-state index in [1.807, 2.05) is 6.07 Å². The maximum atomic E-state index is 14.0. The third-order valence-electron chi connectivity index (χ3n) is 3.49. The van der Waals surface area contributed by atoms with Crippen LogP contribution < -0.4 is 10.1 Å². The van der Waals surface area contributed by atoms with E-state index in [0.29, 0.717) is 17.0 Å². The minimum Gasteiger partial charge on any atom is -0.481 e. The van der Waals surface area contributed by atoms with Gasteiger partial charge in [0.15, 0.2) is 6.10 Å². The van der Waals surface area contributed by atoms with Crippen molar-refractivity contribution in [3.05, 3.63) is 60.2 Å². The lowest BCUT2D eigenvalue weighted by molar-refractivity contribution is -0.122. The van der Waals surface area contributed by atoms with E-state index in [0.717, 1.165) is 0 Å². The molecule has 1 amide bonds. The van der Waals surface area contributed by atoms with Crippen molar-refractivity contribution in [3.63, 3.8) is 0 Å². The summed E-state index contributed by atoms with van der Waals surface area (Å²) >= 11 is 0. The van der Waals surface area contributed by atoms with Gasteiger partial charge in [0.1, 0.15) is 17.9 Å². The zero-order valence-electron chi connectivity index (χ0n) is 13.6. The predicted molar refractivity (Wildman–Crippen MR) is 89.0 cm³/mol. The van der Waals surface area contributed by atoms with Crippen LogP contribution in [0.5, 0.6) is 5.75 Å². The molecule has 0 spiro atoms. The van der Waals surface area contributed by atoms with E-state index in [1.165, 1.54) is 36.1 Å². The van der Waals surface area contributed by atoms with Gasteiger partial charge in [-0.1, -0.05) is 0 Å². The predicted octanol–water partition coefficient (Wildman–Crippen LogP) is 2.08. The zero-order chi connectivity index (χ0) is 18.5. The number of halogens is 1. The first-order valence-corrected chi connectivity index (χ1v) is 7.57. The summed E-state index contributed by atoms with van der Waals surface area (Å²) in [6, 6.07) is 12.4. The Morgan fingerprint density at radius 2 is 2.08 bits per heavy atom. The van der Waals surface area contributed by atoms with Crippen LogP contribution in [-0.2, 0) is 4.79 Å². The Morgan fingerprint density at radius 3 is 2.73 bits per heavy atom. The number of amides is 1. The number of rotatable bonds is 5. The highest BCUT2D eigenvalue weighted by Crippen LogP contribution is 2.19. The molecule has 0 saturated carbocycles. The summed E-state index contributed by atoms with van der Waals surface area (Å²) in [6.45, 7) is 1.54. The molecule has 0 saturated heterocycles. The Labute approximate surface area is 147 Å². The number of nitriles is 1. The number of benzene rings is 2. The third kappa shape index (κ3) is 3.81. The SMILES string of the molecule is CC(Oc1ccc(C#N)cc1)C(=O)Nc1cc(-n2cnnn2)ccc1F. The molecule has 26 heavy (non-hydrogen) atoms. The molecule has 130 valence electrons. The minimum atomic E-state index is -0.876. The molecule has 3 rings (SSSR count). The molecule has 1 heterocycles. The molecule has 1 atom stereocenters. The molecule has 1 aromatic heterocycles. The lowest BCUT2D eigenvalue weighted by atomic mass is 10.2. The fourth-order valence-corrected chi connectivity index (χ4v) is 2.13. The standard InChI is InChI=1S/C17H13FN6O2/c1-11(26-14-5-2-12(9-19)3-6-14)17(25)21-16-8-13(4-7-15(16)18)24-10-20-22-23-24/h2-8,10-11H,1H3,(H,21,25). The van der Waals surface area contributed by atoms with E-state index in [4.69, 9.17) is 10.00 Å². The Morgan fingerprint density at radius 1 is 1.31 bits per heavy atom. The number of aromatic nitrogens is 4. The zero-order valence-corrected chi connectivity index (χ0v) is 13.6. The van der Waals surface area contributed by atoms with Crippen molar-refractivity contribution in [3.8, 4) is 17.5 Å². The van der Waals surface area contributed by atoms with Gasteiger partial charge < -0.3 is 10.1 Å². The second-order valence-corrected chi connectivity index (χ2v) is 5.30. The third-order valence-corrected chi connectivity index (χ3v) is 3.49. The van der Waals surface area contributed by atoms with Crippen molar-refractivity contribution in [1.82, 2.24) is 20.2 Å². The molecule has 0 bridgehead atoms. The second kappa shape index (κ2) is 7.40. The molecular weight excluding hydrogens is 339 g/mol. The maximum Gasteiger partial charge on any atom is 0.265 e. The number of ether oxygens (including phenoxy) is 1. The summed E-state index contributed by atoms with van der Waals surface area (Å²) in [4.78, 5) is 12.3. The summed E-state index contributed by atoms with van der Waals surface area (Å²) in [5, 5.41) is 22.0. The van der Waals surface area contributed by atoms with Gasteiger partial charge in [0.2, 0.25) is 0 Å². The average molecular weight is 352 g/mol. The Bertz CT molecular complexity index is 950. The van der Waals surface area contributed by atoms with E-state index in [-0.39, 0.29) is 5.69 Å². The van der Waals surface area contributed by atoms with E-state index in [2.05, 4.69) is 20.8 Å². The molecule has 0 radical (unpaired) electrons. The van der Waals surface area contributed by atoms with Crippen LogP contribution in [0.2, 0.25) is 0 Å². The summed E-state index contributed by atoms with van der Waals surface area (Å²) in [7, 11) is 0. The summed E-state index contributed by atoms with van der Waals surface area (Å²) in [5.74, 6) is -0.697. The van der Waals surface area contributed by atoms with Crippen LogP contribution in [0.3, 0.4) is 0 Å². The van der Waals surface area contributed by atoms with Crippen LogP contribution in [0.1, 0.15) is 12.5 Å². The number of carbonyl (C=O) groups excluding carboxylic acids is 1. The molecule has 8 nitrogen and oxygen atoms in total. The second-order valence-electron chi connectivity index (χ2n) is 5.30. The van der Waals surface area contributed by atoms with Crippen LogP contribution in [0, 0.1) is 17.1 Å². The largest absolute Gasteiger partial charge is 0.481 e. The lowest BCUT2D eigenvalue weighted by Gasteiger charge is -2.15. The molecular formula is C17H13FN6O2. The normalized spacial score (nSPS) is 11.4. The van der Waals surface area contributed by atoms with Crippen molar-refractivity contribution >= 4 is 11.6 Å². The molecule has 0 aliphatic rings. The topological polar surface area (TPSA) is 106 Å². The van der Waals surface area contributed by atoms with Crippen LogP contribution in [0.4, 0.5) is 10.1 Å². The fraction of sp³-hybridized carbons (Fsp3) is 0.118. The van der Waals surface area contributed by atoms with Gasteiger partial charge in [-0.2, -0.15) is 5.26 Å². The van der Waals surface area contributed by atoms with Gasteiger partial charge in [0.05, 0.1) is 23.0 Å². The van der Waals surface area contributed by atoms with Gasteiger partial charge >= 0.3 is 0 Å². The maximum absolute atomic E-state index is 14.0. The van der Waals surface area contributed by atoms with Gasteiger partial charge in [-0.05, 0) is 59.8 Å². The highest BCUT2D eigenvalue weighted by molar-refractivity contribution is 5.94. The first-order valence-electron chi connectivity index (χ1n) is 7.57. The Hall–Kier alpha value is -3.80. The van der Waals surface area contributed by atoms with Crippen molar-refractivity contribution in [2.24, 2.45) is 0 Å². The quantitative estimate of drug-likeness (QED) is 0.753. The molecule has 0 aliphatic heterocycles.